The molecule has 2 N–H and O–H groups in total. The Hall–Kier alpha value is -1.64. The Labute approximate surface area is 159 Å². The molecule has 2 atom stereocenters. The summed E-state index contributed by atoms with van der Waals surface area (Å²) in [6.07, 6.45) is -2.87. The second kappa shape index (κ2) is 8.37. The molecule has 0 bridgehead atoms. The largest absolute Gasteiger partial charge is 0.416 e. The quantitative estimate of drug-likeness (QED) is 0.786. The summed E-state index contributed by atoms with van der Waals surface area (Å²) in [4.78, 5) is 16.6. The fourth-order valence-corrected chi connectivity index (χ4v) is 3.62. The normalized spacial score (nSPS) is 20.3. The van der Waals surface area contributed by atoms with Crippen LogP contribution in [-0.2, 0) is 11.0 Å². The number of piperidine rings is 1. The highest BCUT2D eigenvalue weighted by Gasteiger charge is 2.30. The van der Waals surface area contributed by atoms with Gasteiger partial charge in [0.05, 0.1) is 11.3 Å². The molecular weight excluding hydrogens is 387 g/mol. The third kappa shape index (κ3) is 4.96. The minimum absolute atomic E-state index is 0. The molecule has 1 aromatic heterocycles. The van der Waals surface area contributed by atoms with Crippen molar-refractivity contribution in [1.82, 2.24) is 10.3 Å². The number of nitrogens with one attached hydrogen (secondary N) is 2. The van der Waals surface area contributed by atoms with Crippen molar-refractivity contribution in [3.8, 4) is 11.3 Å². The molecule has 0 spiro atoms. The maximum absolute atomic E-state index is 12.8. The van der Waals surface area contributed by atoms with E-state index in [0.29, 0.717) is 22.4 Å². The Morgan fingerprint density at radius 2 is 2.15 bits per heavy atom. The number of halogens is 4. The Kier molecular flexibility index (Phi) is 6.65. The number of alkyl halides is 3. The van der Waals surface area contributed by atoms with Crippen LogP contribution >= 0.6 is 23.7 Å². The molecule has 1 fully saturated rings. The van der Waals surface area contributed by atoms with Crippen molar-refractivity contribution in [1.29, 1.82) is 0 Å². The highest BCUT2D eigenvalue weighted by molar-refractivity contribution is 7.14. The average molecular weight is 406 g/mol. The van der Waals surface area contributed by atoms with Crippen LogP contribution in [0.4, 0.5) is 18.3 Å². The first-order chi connectivity index (χ1) is 11.8. The van der Waals surface area contributed by atoms with E-state index < -0.39 is 11.7 Å². The number of thiazole rings is 1. The molecule has 9 heteroatoms. The van der Waals surface area contributed by atoms with E-state index in [2.05, 4.69) is 15.6 Å². The van der Waals surface area contributed by atoms with E-state index in [1.54, 1.807) is 11.4 Å². The lowest BCUT2D eigenvalue weighted by atomic mass is 9.92. The molecule has 0 unspecified atom stereocenters. The van der Waals surface area contributed by atoms with E-state index in [0.717, 1.165) is 31.5 Å². The van der Waals surface area contributed by atoms with Crippen LogP contribution in [0.15, 0.2) is 29.6 Å². The molecule has 1 aliphatic heterocycles. The number of anilines is 1. The summed E-state index contributed by atoms with van der Waals surface area (Å²) in [7, 11) is 0. The summed E-state index contributed by atoms with van der Waals surface area (Å²) in [5.74, 6) is -0.157. The summed E-state index contributed by atoms with van der Waals surface area (Å²) in [5.41, 5.74) is 0.0828. The van der Waals surface area contributed by atoms with Gasteiger partial charge in [-0.3, -0.25) is 4.79 Å². The fraction of sp³-hybridized carbons (Fsp3) is 0.412. The minimum Gasteiger partial charge on any atom is -0.314 e. The monoisotopic (exact) mass is 405 g/mol. The second-order valence-corrected chi connectivity index (χ2v) is 7.04. The van der Waals surface area contributed by atoms with Gasteiger partial charge in [0.1, 0.15) is 0 Å². The summed E-state index contributed by atoms with van der Waals surface area (Å²) in [6.45, 7) is 2.83. The van der Waals surface area contributed by atoms with Crippen LogP contribution in [0, 0.1) is 5.92 Å². The van der Waals surface area contributed by atoms with Crippen LogP contribution in [-0.4, -0.2) is 23.5 Å². The van der Waals surface area contributed by atoms with Crippen molar-refractivity contribution in [3.63, 3.8) is 0 Å². The van der Waals surface area contributed by atoms with E-state index in [4.69, 9.17) is 0 Å². The van der Waals surface area contributed by atoms with Crippen LogP contribution in [0.25, 0.3) is 11.3 Å². The Morgan fingerprint density at radius 1 is 1.38 bits per heavy atom. The number of carbonyl (C=O) groups excluding carboxylic acids is 1. The average Bonchev–Trinajstić information content (AvgIpc) is 3.03. The lowest BCUT2D eigenvalue weighted by molar-refractivity contribution is -0.137. The van der Waals surface area contributed by atoms with Crippen molar-refractivity contribution >= 4 is 34.8 Å². The molecule has 26 heavy (non-hydrogen) atoms. The van der Waals surface area contributed by atoms with Gasteiger partial charge in [-0.2, -0.15) is 13.2 Å². The molecule has 2 heterocycles. The van der Waals surface area contributed by atoms with Gasteiger partial charge in [-0.15, -0.1) is 23.7 Å². The van der Waals surface area contributed by atoms with Gasteiger partial charge in [0, 0.05) is 22.9 Å². The van der Waals surface area contributed by atoms with Gasteiger partial charge in [0.2, 0.25) is 5.91 Å². The number of benzene rings is 1. The van der Waals surface area contributed by atoms with Crippen molar-refractivity contribution in [3.05, 3.63) is 35.2 Å². The molecule has 0 aliphatic carbocycles. The zero-order valence-corrected chi connectivity index (χ0v) is 15.6. The van der Waals surface area contributed by atoms with Gasteiger partial charge in [0.15, 0.2) is 5.13 Å². The molecule has 1 amide bonds. The second-order valence-electron chi connectivity index (χ2n) is 6.18. The molecule has 4 nitrogen and oxygen atoms in total. The van der Waals surface area contributed by atoms with Crippen LogP contribution in [0.2, 0.25) is 0 Å². The SMILES string of the molecule is C[C@H]1C[C@@H](C(=O)Nc2nc(-c3cccc(C(F)(F)F)c3)cs2)CCN1.Cl. The number of hydrogen-bond donors (Lipinski definition) is 2. The maximum atomic E-state index is 12.8. The van der Waals surface area contributed by atoms with Crippen LogP contribution in [0.3, 0.4) is 0 Å². The zero-order valence-electron chi connectivity index (χ0n) is 14.0. The summed E-state index contributed by atoms with van der Waals surface area (Å²) >= 11 is 1.21. The highest BCUT2D eigenvalue weighted by atomic mass is 35.5. The fourth-order valence-electron chi connectivity index (χ4n) is 2.90. The first-order valence-electron chi connectivity index (χ1n) is 8.00. The van der Waals surface area contributed by atoms with Gasteiger partial charge < -0.3 is 10.6 Å². The van der Waals surface area contributed by atoms with Crippen molar-refractivity contribution in [2.24, 2.45) is 5.92 Å². The number of aromatic nitrogens is 1. The number of hydrogen-bond acceptors (Lipinski definition) is 4. The minimum atomic E-state index is -4.39. The van der Waals surface area contributed by atoms with E-state index in [-0.39, 0.29) is 24.2 Å². The third-order valence-corrected chi connectivity index (χ3v) is 4.97. The van der Waals surface area contributed by atoms with Crippen molar-refractivity contribution < 1.29 is 18.0 Å². The van der Waals surface area contributed by atoms with E-state index in [1.807, 2.05) is 6.92 Å². The van der Waals surface area contributed by atoms with Gasteiger partial charge in [0.25, 0.3) is 0 Å². The van der Waals surface area contributed by atoms with Gasteiger partial charge in [-0.1, -0.05) is 12.1 Å². The predicted octanol–water partition coefficient (Wildman–Crippen LogP) is 4.58. The third-order valence-electron chi connectivity index (χ3n) is 4.21. The molecule has 0 saturated carbocycles. The molecule has 142 valence electrons. The van der Waals surface area contributed by atoms with Gasteiger partial charge in [-0.05, 0) is 38.4 Å². The number of carbonyl (C=O) groups is 1. The highest BCUT2D eigenvalue weighted by Crippen LogP contribution is 2.33. The topological polar surface area (TPSA) is 54.0 Å². The first-order valence-corrected chi connectivity index (χ1v) is 8.88. The summed E-state index contributed by atoms with van der Waals surface area (Å²) in [6, 6.07) is 5.31. The van der Waals surface area contributed by atoms with E-state index in [9.17, 15) is 18.0 Å². The molecule has 1 aromatic carbocycles. The maximum Gasteiger partial charge on any atom is 0.416 e. The van der Waals surface area contributed by atoms with Gasteiger partial charge >= 0.3 is 6.18 Å². The van der Waals surface area contributed by atoms with Crippen LogP contribution in [0.1, 0.15) is 25.3 Å². The lowest BCUT2D eigenvalue weighted by Crippen LogP contribution is -2.40. The summed E-state index contributed by atoms with van der Waals surface area (Å²) in [5, 5.41) is 8.13. The number of amides is 1. The molecule has 0 radical (unpaired) electrons. The Balaban J connectivity index is 0.00000243. The molecule has 1 saturated heterocycles. The molecular formula is C17H19ClF3N3OS. The zero-order chi connectivity index (χ0) is 18.0. The number of rotatable bonds is 3. The molecule has 2 aromatic rings. The smallest absolute Gasteiger partial charge is 0.314 e. The number of nitrogens with zero attached hydrogens (tertiary/aromatic N) is 1. The van der Waals surface area contributed by atoms with Crippen molar-refractivity contribution in [2.45, 2.75) is 32.0 Å². The summed E-state index contributed by atoms with van der Waals surface area (Å²) < 4.78 is 38.5. The molecule has 3 rings (SSSR count). The first kappa shape index (κ1) is 20.7. The van der Waals surface area contributed by atoms with E-state index in [1.165, 1.54) is 17.4 Å². The van der Waals surface area contributed by atoms with Gasteiger partial charge in [-0.25, -0.2) is 4.98 Å². The molecule has 1 aliphatic rings. The predicted molar refractivity (Wildman–Crippen MR) is 98.6 cm³/mol. The van der Waals surface area contributed by atoms with Crippen molar-refractivity contribution in [2.75, 3.05) is 11.9 Å². The lowest BCUT2D eigenvalue weighted by Gasteiger charge is -2.26. The Morgan fingerprint density at radius 3 is 2.85 bits per heavy atom. The van der Waals surface area contributed by atoms with E-state index >= 15 is 0 Å². The Bertz CT molecular complexity index is 766. The van der Waals surface area contributed by atoms with Crippen LogP contribution < -0.4 is 10.6 Å². The standard InChI is InChI=1S/C17H18F3N3OS.ClH/c1-10-7-12(5-6-21-10)15(24)23-16-22-14(9-25-16)11-3-2-4-13(8-11)17(18,19)20;/h2-4,8-10,12,21H,5-7H2,1H3,(H,22,23,24);1H/t10-,12-;/m0./s1. The van der Waals surface area contributed by atoms with Crippen LogP contribution in [0.5, 0.6) is 0 Å².